The molecule has 0 aromatic rings. The Morgan fingerprint density at radius 1 is 1.60 bits per heavy atom. The molecule has 0 heterocycles. The van der Waals surface area contributed by atoms with Gasteiger partial charge in [0, 0.05) is 7.11 Å². The Labute approximate surface area is 93.5 Å². The van der Waals surface area contributed by atoms with E-state index in [1.807, 2.05) is 0 Å². The van der Waals surface area contributed by atoms with Crippen LogP contribution < -0.4 is 0 Å². The highest BCUT2D eigenvalue weighted by atomic mass is 16.5. The summed E-state index contributed by atoms with van der Waals surface area (Å²) in [5, 5.41) is 0. The zero-order valence-corrected chi connectivity index (χ0v) is 10.1. The highest BCUT2D eigenvalue weighted by molar-refractivity contribution is 5.33. The quantitative estimate of drug-likeness (QED) is 0.663. The van der Waals surface area contributed by atoms with E-state index in [9.17, 15) is 0 Å². The van der Waals surface area contributed by atoms with Gasteiger partial charge in [-0.3, -0.25) is 0 Å². The first-order valence-electron chi connectivity index (χ1n) is 5.80. The molecule has 1 rings (SSSR count). The summed E-state index contributed by atoms with van der Waals surface area (Å²) < 4.78 is 5.20. The summed E-state index contributed by atoms with van der Waals surface area (Å²) in [6, 6.07) is 0. The molecule has 0 aromatic heterocycles. The van der Waals surface area contributed by atoms with E-state index in [4.69, 9.17) is 4.74 Å². The molecule has 0 saturated carbocycles. The highest BCUT2D eigenvalue weighted by Gasteiger charge is 2.01. The van der Waals surface area contributed by atoms with E-state index in [2.05, 4.69) is 44.2 Å². The van der Waals surface area contributed by atoms with E-state index in [0.29, 0.717) is 12.0 Å². The number of allylic oxidation sites excluding steroid dienone is 6. The molecular weight excluding hydrogens is 184 g/mol. The highest BCUT2D eigenvalue weighted by Crippen LogP contribution is 2.16. The van der Waals surface area contributed by atoms with Crippen LogP contribution in [0.3, 0.4) is 0 Å². The summed E-state index contributed by atoms with van der Waals surface area (Å²) in [6.45, 7) is 4.36. The van der Waals surface area contributed by atoms with Crippen LogP contribution in [0.1, 0.15) is 33.1 Å². The van der Waals surface area contributed by atoms with Crippen LogP contribution in [0.15, 0.2) is 36.0 Å². The van der Waals surface area contributed by atoms with Crippen molar-refractivity contribution in [2.75, 3.05) is 7.11 Å². The standard InChI is InChI=1S/C14H22O/c1-12-7-6-10-14(11-12)9-5-4-8-13(2)15-3/h5-6,9-13H,4,7-8H2,1-3H3/b9-5+/t12?,13-/m1/s1. The van der Waals surface area contributed by atoms with Gasteiger partial charge in [-0.2, -0.15) is 0 Å². The fraction of sp³-hybridized carbons (Fsp3) is 0.571. The van der Waals surface area contributed by atoms with E-state index >= 15 is 0 Å². The molecule has 84 valence electrons. The van der Waals surface area contributed by atoms with Gasteiger partial charge in [0.05, 0.1) is 6.10 Å². The molecule has 1 aliphatic carbocycles. The zero-order chi connectivity index (χ0) is 11.1. The lowest BCUT2D eigenvalue weighted by molar-refractivity contribution is 0.112. The Kier molecular flexibility index (Phi) is 5.41. The van der Waals surface area contributed by atoms with Crippen molar-refractivity contribution < 1.29 is 4.74 Å². The minimum Gasteiger partial charge on any atom is -0.382 e. The average molecular weight is 206 g/mol. The van der Waals surface area contributed by atoms with Crippen LogP contribution in [0.2, 0.25) is 0 Å². The van der Waals surface area contributed by atoms with Crippen molar-refractivity contribution in [1.82, 2.24) is 0 Å². The van der Waals surface area contributed by atoms with Gasteiger partial charge < -0.3 is 4.74 Å². The Bertz CT molecular complexity index is 261. The van der Waals surface area contributed by atoms with Gasteiger partial charge in [-0.25, -0.2) is 0 Å². The van der Waals surface area contributed by atoms with Crippen LogP contribution in [0.25, 0.3) is 0 Å². The molecule has 0 saturated heterocycles. The van der Waals surface area contributed by atoms with Gasteiger partial charge >= 0.3 is 0 Å². The maximum Gasteiger partial charge on any atom is 0.0546 e. The fourth-order valence-corrected chi connectivity index (χ4v) is 1.65. The first kappa shape index (κ1) is 12.3. The topological polar surface area (TPSA) is 9.23 Å². The summed E-state index contributed by atoms with van der Waals surface area (Å²) in [4.78, 5) is 0. The molecular formula is C14H22O. The Morgan fingerprint density at radius 3 is 3.07 bits per heavy atom. The molecule has 0 aromatic carbocycles. The third-order valence-electron chi connectivity index (χ3n) is 2.75. The molecule has 2 atom stereocenters. The largest absolute Gasteiger partial charge is 0.382 e. The maximum absolute atomic E-state index is 5.20. The number of hydrogen-bond acceptors (Lipinski definition) is 1. The summed E-state index contributed by atoms with van der Waals surface area (Å²) in [5.41, 5.74) is 1.35. The van der Waals surface area contributed by atoms with Gasteiger partial charge in [0.1, 0.15) is 0 Å². The average Bonchev–Trinajstić information content (AvgIpc) is 2.24. The summed E-state index contributed by atoms with van der Waals surface area (Å²) in [5.74, 6) is 0.688. The van der Waals surface area contributed by atoms with Crippen molar-refractivity contribution in [2.45, 2.75) is 39.2 Å². The second-order valence-electron chi connectivity index (χ2n) is 4.31. The lowest BCUT2D eigenvalue weighted by Crippen LogP contribution is -2.02. The van der Waals surface area contributed by atoms with Crippen LogP contribution in [-0.4, -0.2) is 13.2 Å². The fourth-order valence-electron chi connectivity index (χ4n) is 1.65. The van der Waals surface area contributed by atoms with Crippen molar-refractivity contribution in [2.24, 2.45) is 5.92 Å². The number of rotatable bonds is 5. The number of ether oxygens (including phenoxy) is 1. The Balaban J connectivity index is 2.29. The van der Waals surface area contributed by atoms with E-state index in [0.717, 1.165) is 12.8 Å². The van der Waals surface area contributed by atoms with Crippen molar-refractivity contribution in [3.63, 3.8) is 0 Å². The second kappa shape index (κ2) is 6.62. The van der Waals surface area contributed by atoms with Crippen LogP contribution in [-0.2, 0) is 4.74 Å². The molecule has 0 radical (unpaired) electrons. The predicted molar refractivity (Wildman–Crippen MR) is 65.8 cm³/mol. The monoisotopic (exact) mass is 206 g/mol. The number of methoxy groups -OCH3 is 1. The molecule has 15 heavy (non-hydrogen) atoms. The molecule has 1 aliphatic rings. The second-order valence-corrected chi connectivity index (χ2v) is 4.31. The van der Waals surface area contributed by atoms with Crippen molar-refractivity contribution in [1.29, 1.82) is 0 Å². The number of hydrogen-bond donors (Lipinski definition) is 0. The lowest BCUT2D eigenvalue weighted by atomic mass is 9.97. The van der Waals surface area contributed by atoms with E-state index in [-0.39, 0.29) is 0 Å². The lowest BCUT2D eigenvalue weighted by Gasteiger charge is -2.09. The minimum atomic E-state index is 0.365. The molecule has 0 fully saturated rings. The van der Waals surface area contributed by atoms with Crippen molar-refractivity contribution in [3.05, 3.63) is 36.0 Å². The van der Waals surface area contributed by atoms with Gasteiger partial charge in [-0.15, -0.1) is 0 Å². The molecule has 1 unspecified atom stereocenters. The maximum atomic E-state index is 5.20. The first-order valence-corrected chi connectivity index (χ1v) is 5.80. The minimum absolute atomic E-state index is 0.365. The van der Waals surface area contributed by atoms with Gasteiger partial charge in [-0.1, -0.05) is 37.3 Å². The molecule has 0 spiro atoms. The normalized spacial score (nSPS) is 23.1. The predicted octanol–water partition coefficient (Wildman–Crippen LogP) is 3.88. The molecule has 0 aliphatic heterocycles. The first-order chi connectivity index (χ1) is 7.22. The molecule has 1 heteroatoms. The van der Waals surface area contributed by atoms with E-state index in [1.54, 1.807) is 7.11 Å². The van der Waals surface area contributed by atoms with Crippen LogP contribution in [0.4, 0.5) is 0 Å². The van der Waals surface area contributed by atoms with Crippen LogP contribution in [0.5, 0.6) is 0 Å². The van der Waals surface area contributed by atoms with E-state index in [1.165, 1.54) is 12.0 Å². The van der Waals surface area contributed by atoms with Crippen LogP contribution >= 0.6 is 0 Å². The Hall–Kier alpha value is -0.820. The molecule has 0 N–H and O–H groups in total. The molecule has 1 nitrogen and oxygen atoms in total. The van der Waals surface area contributed by atoms with Gasteiger partial charge in [0.2, 0.25) is 0 Å². The third-order valence-corrected chi connectivity index (χ3v) is 2.75. The van der Waals surface area contributed by atoms with Crippen LogP contribution in [0, 0.1) is 5.92 Å². The smallest absolute Gasteiger partial charge is 0.0546 e. The summed E-state index contributed by atoms with van der Waals surface area (Å²) >= 11 is 0. The SMILES string of the molecule is CO[C@H](C)CC/C=C/C1=CC(C)CC=C1. The molecule has 0 bridgehead atoms. The summed E-state index contributed by atoms with van der Waals surface area (Å²) in [6.07, 6.45) is 15.0. The molecule has 0 amide bonds. The van der Waals surface area contributed by atoms with Gasteiger partial charge in [-0.05, 0) is 37.7 Å². The third kappa shape index (κ3) is 4.98. The Morgan fingerprint density at radius 2 is 2.40 bits per heavy atom. The zero-order valence-electron chi connectivity index (χ0n) is 10.1. The van der Waals surface area contributed by atoms with Gasteiger partial charge in [0.25, 0.3) is 0 Å². The van der Waals surface area contributed by atoms with Crippen molar-refractivity contribution >= 4 is 0 Å². The summed E-state index contributed by atoms with van der Waals surface area (Å²) in [7, 11) is 1.77. The van der Waals surface area contributed by atoms with Crippen molar-refractivity contribution in [3.8, 4) is 0 Å². The van der Waals surface area contributed by atoms with Gasteiger partial charge in [0.15, 0.2) is 0 Å². The van der Waals surface area contributed by atoms with E-state index < -0.39 is 0 Å².